The van der Waals surface area contributed by atoms with Crippen molar-refractivity contribution in [3.63, 3.8) is 0 Å². The Morgan fingerprint density at radius 3 is 3.04 bits per heavy atom. The van der Waals surface area contributed by atoms with E-state index in [4.69, 9.17) is 4.42 Å². The first-order valence-corrected chi connectivity index (χ1v) is 8.06. The highest BCUT2D eigenvalue weighted by atomic mass is 32.1. The fraction of sp³-hybridized carbons (Fsp3) is 0.0625. The zero-order valence-electron chi connectivity index (χ0n) is 12.3. The van der Waals surface area contributed by atoms with Crippen LogP contribution in [0.4, 0.5) is 0 Å². The molecule has 0 aliphatic rings. The zero-order valence-corrected chi connectivity index (χ0v) is 13.1. The number of nitrogens with one attached hydrogen (secondary N) is 3. The summed E-state index contributed by atoms with van der Waals surface area (Å²) in [5.41, 5.74) is 2.27. The molecule has 1 amide bonds. The number of imidazole rings is 1. The first-order valence-electron chi connectivity index (χ1n) is 7.18. The molecule has 3 heterocycles. The predicted molar refractivity (Wildman–Crippen MR) is 89.9 cm³/mol. The lowest BCUT2D eigenvalue weighted by atomic mass is 10.2. The van der Waals surface area contributed by atoms with Gasteiger partial charge in [0.1, 0.15) is 5.82 Å². The van der Waals surface area contributed by atoms with E-state index in [2.05, 4.69) is 20.3 Å². The molecular weight excluding hydrogens is 328 g/mol. The highest BCUT2D eigenvalue weighted by Crippen LogP contribution is 2.22. The van der Waals surface area contributed by atoms with E-state index >= 15 is 0 Å². The van der Waals surface area contributed by atoms with Crippen LogP contribution in [0.5, 0.6) is 0 Å². The molecule has 0 aliphatic carbocycles. The fourth-order valence-electron chi connectivity index (χ4n) is 2.37. The average Bonchev–Trinajstić information content (AvgIpc) is 3.30. The number of nitrogens with zero attached hydrogens (tertiary/aromatic N) is 1. The first-order chi connectivity index (χ1) is 11.7. The highest BCUT2D eigenvalue weighted by molar-refractivity contribution is 7.13. The molecule has 120 valence electrons. The maximum atomic E-state index is 12.2. The van der Waals surface area contributed by atoms with Gasteiger partial charge in [-0.05, 0) is 29.6 Å². The standard InChI is InChI=1S/C16H12N4O3S/c21-15(9-3-4-12-10(6-9)20-16(22)23-12)18-8-14-17-7-11(19-14)13-2-1-5-24-13/h1-7H,8H2,(H,17,19)(H,18,21)(H,20,22). The van der Waals surface area contributed by atoms with E-state index < -0.39 is 5.76 Å². The van der Waals surface area contributed by atoms with Crippen molar-refractivity contribution in [1.29, 1.82) is 0 Å². The third kappa shape index (κ3) is 2.74. The second-order valence-corrected chi connectivity index (χ2v) is 6.08. The van der Waals surface area contributed by atoms with Crippen molar-refractivity contribution < 1.29 is 9.21 Å². The monoisotopic (exact) mass is 340 g/mol. The summed E-state index contributed by atoms with van der Waals surface area (Å²) in [6, 6.07) is 8.74. The number of fused-ring (bicyclic) bond motifs is 1. The van der Waals surface area contributed by atoms with Gasteiger partial charge in [0.15, 0.2) is 5.58 Å². The van der Waals surface area contributed by atoms with Crippen LogP contribution >= 0.6 is 11.3 Å². The van der Waals surface area contributed by atoms with E-state index in [0.29, 0.717) is 22.5 Å². The van der Waals surface area contributed by atoms with Crippen LogP contribution < -0.4 is 11.1 Å². The van der Waals surface area contributed by atoms with Gasteiger partial charge in [-0.2, -0.15) is 0 Å². The first kappa shape index (κ1) is 14.5. The number of rotatable bonds is 4. The van der Waals surface area contributed by atoms with Crippen LogP contribution in [0.2, 0.25) is 0 Å². The maximum absolute atomic E-state index is 12.2. The summed E-state index contributed by atoms with van der Waals surface area (Å²) < 4.78 is 4.91. The second kappa shape index (κ2) is 5.82. The minimum Gasteiger partial charge on any atom is -0.408 e. The molecule has 4 aromatic rings. The number of thiophene rings is 1. The number of hydrogen-bond donors (Lipinski definition) is 3. The average molecular weight is 340 g/mol. The van der Waals surface area contributed by atoms with Crippen LogP contribution in [0.15, 0.2) is 51.1 Å². The number of aromatic nitrogens is 3. The summed E-state index contributed by atoms with van der Waals surface area (Å²) in [6.07, 6.45) is 1.75. The van der Waals surface area contributed by atoms with Crippen molar-refractivity contribution in [2.75, 3.05) is 0 Å². The summed E-state index contributed by atoms with van der Waals surface area (Å²) in [7, 11) is 0. The van der Waals surface area contributed by atoms with Gasteiger partial charge in [-0.15, -0.1) is 11.3 Å². The van der Waals surface area contributed by atoms with Gasteiger partial charge in [0, 0.05) is 5.56 Å². The van der Waals surface area contributed by atoms with E-state index in [1.54, 1.807) is 35.7 Å². The largest absolute Gasteiger partial charge is 0.417 e. The molecule has 0 saturated carbocycles. The summed E-state index contributed by atoms with van der Waals surface area (Å²) in [5.74, 6) is -0.128. The molecule has 3 N–H and O–H groups in total. The molecule has 0 aliphatic heterocycles. The van der Waals surface area contributed by atoms with Gasteiger partial charge >= 0.3 is 5.76 Å². The van der Waals surface area contributed by atoms with Gasteiger partial charge in [0.25, 0.3) is 5.91 Å². The Balaban J connectivity index is 1.46. The molecule has 0 radical (unpaired) electrons. The summed E-state index contributed by atoms with van der Waals surface area (Å²) in [5, 5.41) is 4.79. The number of aromatic amines is 2. The highest BCUT2D eigenvalue weighted by Gasteiger charge is 2.10. The smallest absolute Gasteiger partial charge is 0.408 e. The summed E-state index contributed by atoms with van der Waals surface area (Å²) in [6.45, 7) is 0.282. The Labute approximate surface area is 139 Å². The van der Waals surface area contributed by atoms with E-state index in [0.717, 1.165) is 10.6 Å². The van der Waals surface area contributed by atoms with Gasteiger partial charge in [0.2, 0.25) is 0 Å². The van der Waals surface area contributed by atoms with Crippen molar-refractivity contribution in [2.45, 2.75) is 6.54 Å². The van der Waals surface area contributed by atoms with E-state index in [1.807, 2.05) is 17.5 Å². The predicted octanol–water partition coefficient (Wildman–Crippen LogP) is 2.50. The molecule has 3 aromatic heterocycles. The quantitative estimate of drug-likeness (QED) is 0.531. The van der Waals surface area contributed by atoms with Crippen LogP contribution in [-0.4, -0.2) is 20.9 Å². The van der Waals surface area contributed by atoms with Gasteiger partial charge in [-0.25, -0.2) is 9.78 Å². The second-order valence-electron chi connectivity index (χ2n) is 5.13. The number of benzene rings is 1. The number of carbonyl (C=O) groups excluding carboxylic acids is 1. The lowest BCUT2D eigenvalue weighted by Gasteiger charge is -2.03. The molecule has 24 heavy (non-hydrogen) atoms. The van der Waals surface area contributed by atoms with Crippen molar-refractivity contribution in [3.05, 3.63) is 63.8 Å². The van der Waals surface area contributed by atoms with E-state index in [9.17, 15) is 9.59 Å². The maximum Gasteiger partial charge on any atom is 0.417 e. The van der Waals surface area contributed by atoms with Crippen molar-refractivity contribution in [2.24, 2.45) is 0 Å². The number of oxazole rings is 1. The Morgan fingerprint density at radius 1 is 1.29 bits per heavy atom. The SMILES string of the molecule is O=C(NCc1ncc(-c2cccs2)[nH]1)c1ccc2oc(=O)[nH]c2c1. The van der Waals surface area contributed by atoms with Gasteiger partial charge in [-0.3, -0.25) is 9.78 Å². The van der Waals surface area contributed by atoms with Crippen molar-refractivity contribution in [1.82, 2.24) is 20.3 Å². The molecule has 0 saturated heterocycles. The molecule has 0 spiro atoms. The van der Waals surface area contributed by atoms with Crippen LogP contribution in [-0.2, 0) is 6.54 Å². The van der Waals surface area contributed by atoms with Crippen LogP contribution in [0.25, 0.3) is 21.7 Å². The lowest BCUT2D eigenvalue weighted by Crippen LogP contribution is -2.23. The molecule has 1 aromatic carbocycles. The van der Waals surface area contributed by atoms with Crippen LogP contribution in [0, 0.1) is 0 Å². The Kier molecular flexibility index (Phi) is 3.51. The van der Waals surface area contributed by atoms with E-state index in [-0.39, 0.29) is 12.5 Å². The number of carbonyl (C=O) groups is 1. The van der Waals surface area contributed by atoms with Crippen LogP contribution in [0.3, 0.4) is 0 Å². The van der Waals surface area contributed by atoms with E-state index in [1.165, 1.54) is 0 Å². The molecule has 0 unspecified atom stereocenters. The molecule has 0 atom stereocenters. The normalized spacial score (nSPS) is 11.0. The topological polar surface area (TPSA) is 104 Å². The number of amides is 1. The Morgan fingerprint density at radius 2 is 2.21 bits per heavy atom. The Hall–Kier alpha value is -3.13. The molecule has 8 heteroatoms. The third-order valence-corrected chi connectivity index (χ3v) is 4.42. The fourth-order valence-corrected chi connectivity index (χ4v) is 3.06. The minimum atomic E-state index is -0.542. The third-order valence-electron chi connectivity index (χ3n) is 3.51. The van der Waals surface area contributed by atoms with Crippen LogP contribution in [0.1, 0.15) is 16.2 Å². The summed E-state index contributed by atoms with van der Waals surface area (Å²) in [4.78, 5) is 34.4. The van der Waals surface area contributed by atoms with Gasteiger partial charge in [0.05, 0.1) is 28.8 Å². The minimum absolute atomic E-state index is 0.256. The van der Waals surface area contributed by atoms with Gasteiger partial charge in [-0.1, -0.05) is 6.07 Å². The Bertz CT molecular complexity index is 1060. The molecule has 4 rings (SSSR count). The van der Waals surface area contributed by atoms with Crippen molar-refractivity contribution in [3.8, 4) is 10.6 Å². The molecule has 0 bridgehead atoms. The number of H-pyrrole nitrogens is 2. The molecular formula is C16H12N4O3S. The summed E-state index contributed by atoms with van der Waals surface area (Å²) >= 11 is 1.62. The zero-order chi connectivity index (χ0) is 16.5. The van der Waals surface area contributed by atoms with Gasteiger partial charge < -0.3 is 14.7 Å². The molecule has 7 nitrogen and oxygen atoms in total. The molecule has 0 fully saturated rings. The number of hydrogen-bond acceptors (Lipinski definition) is 5. The lowest BCUT2D eigenvalue weighted by molar-refractivity contribution is 0.0950. The van der Waals surface area contributed by atoms with Crippen molar-refractivity contribution >= 4 is 28.3 Å².